The van der Waals surface area contributed by atoms with Gasteiger partial charge in [-0.2, -0.15) is 4.31 Å². The molecule has 1 aromatic carbocycles. The van der Waals surface area contributed by atoms with E-state index in [-0.39, 0.29) is 5.91 Å². The molecule has 0 radical (unpaired) electrons. The van der Waals surface area contributed by atoms with E-state index in [1.54, 1.807) is 12.0 Å². The largest absolute Gasteiger partial charge is 0.383 e. The number of rotatable bonds is 8. The van der Waals surface area contributed by atoms with Crippen molar-refractivity contribution in [3.8, 4) is 0 Å². The Balaban J connectivity index is 2.07. The first-order valence-electron chi connectivity index (χ1n) is 8.39. The highest BCUT2D eigenvalue weighted by Gasteiger charge is 2.38. The van der Waals surface area contributed by atoms with Crippen LogP contribution in [-0.4, -0.2) is 69.2 Å². The maximum Gasteiger partial charge on any atom is 0.241 e. The first-order chi connectivity index (χ1) is 11.9. The number of amides is 1. The number of methoxy groups -OCH3 is 1. The number of benzene rings is 1. The van der Waals surface area contributed by atoms with Gasteiger partial charge in [-0.25, -0.2) is 8.42 Å². The van der Waals surface area contributed by atoms with Crippen molar-refractivity contribution in [1.29, 1.82) is 0 Å². The highest BCUT2D eigenvalue weighted by atomic mass is 32.2. The fourth-order valence-corrected chi connectivity index (χ4v) is 4.09. The molecule has 2 rings (SSSR count). The number of sulfonamides is 1. The summed E-state index contributed by atoms with van der Waals surface area (Å²) < 4.78 is 30.2. The molecule has 6 nitrogen and oxygen atoms in total. The van der Waals surface area contributed by atoms with Crippen LogP contribution in [0.1, 0.15) is 18.4 Å². The van der Waals surface area contributed by atoms with Crippen LogP contribution in [0.4, 0.5) is 0 Å². The molecule has 7 heteroatoms. The molecule has 1 amide bonds. The molecule has 0 N–H and O–H groups in total. The third kappa shape index (κ3) is 5.66. The Bertz CT molecular complexity index is 688. The number of hydrogen-bond donors (Lipinski definition) is 0. The third-order valence-corrected chi connectivity index (χ3v) is 5.52. The first kappa shape index (κ1) is 19.6. The van der Waals surface area contributed by atoms with Crippen molar-refractivity contribution in [2.75, 3.05) is 39.6 Å². The maximum absolute atomic E-state index is 12.9. The predicted molar refractivity (Wildman–Crippen MR) is 98.5 cm³/mol. The number of carbonyl (C=O) groups excluding carboxylic acids is 1. The van der Waals surface area contributed by atoms with Gasteiger partial charge < -0.3 is 9.64 Å². The van der Waals surface area contributed by atoms with E-state index in [0.29, 0.717) is 39.1 Å². The standard InChI is InChI=1S/C18H26N2O4S/c1-24-15-14-19(12-6-10-16-8-4-3-5-9-16)18(21)17-11-7-13-20(17)25(2,22)23/h3-6,8-10,17H,7,11-15H2,1-2H3/t17-/m0/s1. The van der Waals surface area contributed by atoms with Crippen LogP contribution in [0.2, 0.25) is 0 Å². The Morgan fingerprint density at radius 2 is 2.08 bits per heavy atom. The lowest BCUT2D eigenvalue weighted by Gasteiger charge is -2.28. The normalized spacial score (nSPS) is 18.7. The first-order valence-corrected chi connectivity index (χ1v) is 10.2. The van der Waals surface area contributed by atoms with Gasteiger partial charge in [0.25, 0.3) is 0 Å². The molecule has 0 aliphatic carbocycles. The highest BCUT2D eigenvalue weighted by Crippen LogP contribution is 2.22. The minimum Gasteiger partial charge on any atom is -0.383 e. The summed E-state index contributed by atoms with van der Waals surface area (Å²) in [5.41, 5.74) is 1.06. The molecular weight excluding hydrogens is 340 g/mol. The van der Waals surface area contributed by atoms with Gasteiger partial charge in [-0.1, -0.05) is 42.5 Å². The molecule has 1 heterocycles. The summed E-state index contributed by atoms with van der Waals surface area (Å²) in [5, 5.41) is 0. The predicted octanol–water partition coefficient (Wildman–Crippen LogP) is 1.60. The Kier molecular flexibility index (Phi) is 7.16. The van der Waals surface area contributed by atoms with E-state index in [4.69, 9.17) is 4.74 Å². The summed E-state index contributed by atoms with van der Waals surface area (Å²) in [4.78, 5) is 14.5. The smallest absolute Gasteiger partial charge is 0.241 e. The van der Waals surface area contributed by atoms with Gasteiger partial charge in [0.15, 0.2) is 0 Å². The minimum atomic E-state index is -3.38. The summed E-state index contributed by atoms with van der Waals surface area (Å²) in [7, 11) is -1.79. The van der Waals surface area contributed by atoms with E-state index in [2.05, 4.69) is 0 Å². The number of hydrogen-bond acceptors (Lipinski definition) is 4. The molecule has 0 unspecified atom stereocenters. The number of nitrogens with zero attached hydrogens (tertiary/aromatic N) is 2. The van der Waals surface area contributed by atoms with Crippen molar-refractivity contribution in [2.45, 2.75) is 18.9 Å². The van der Waals surface area contributed by atoms with E-state index >= 15 is 0 Å². The van der Waals surface area contributed by atoms with E-state index in [0.717, 1.165) is 11.8 Å². The van der Waals surface area contributed by atoms with E-state index < -0.39 is 16.1 Å². The van der Waals surface area contributed by atoms with Crippen LogP contribution in [-0.2, 0) is 19.6 Å². The average Bonchev–Trinajstić information content (AvgIpc) is 3.08. The molecule has 1 saturated heterocycles. The fourth-order valence-electron chi connectivity index (χ4n) is 2.97. The molecule has 25 heavy (non-hydrogen) atoms. The molecule has 1 aromatic rings. The second-order valence-electron chi connectivity index (χ2n) is 6.12. The van der Waals surface area contributed by atoms with Crippen LogP contribution in [0, 0.1) is 0 Å². The molecule has 1 fully saturated rings. The van der Waals surface area contributed by atoms with Gasteiger partial charge in [-0.15, -0.1) is 0 Å². The Labute approximate surface area is 150 Å². The Hall–Kier alpha value is -1.70. The van der Waals surface area contributed by atoms with Crippen LogP contribution in [0.15, 0.2) is 36.4 Å². The summed E-state index contributed by atoms with van der Waals surface area (Å²) in [5.74, 6) is -0.155. The molecular formula is C18H26N2O4S. The molecule has 1 aliphatic rings. The highest BCUT2D eigenvalue weighted by molar-refractivity contribution is 7.88. The SMILES string of the molecule is COCCN(CC=Cc1ccccc1)C(=O)[C@@H]1CCCN1S(C)(=O)=O. The fraction of sp³-hybridized carbons (Fsp3) is 0.500. The van der Waals surface area contributed by atoms with Gasteiger partial charge in [0.05, 0.1) is 12.9 Å². The zero-order valence-corrected chi connectivity index (χ0v) is 15.6. The summed E-state index contributed by atoms with van der Waals surface area (Å²) in [6, 6.07) is 9.23. The molecule has 0 saturated carbocycles. The van der Waals surface area contributed by atoms with Crippen LogP contribution >= 0.6 is 0 Å². The maximum atomic E-state index is 12.9. The zero-order valence-electron chi connectivity index (χ0n) is 14.8. The minimum absolute atomic E-state index is 0.155. The van der Waals surface area contributed by atoms with Crippen molar-refractivity contribution in [3.05, 3.63) is 42.0 Å². The topological polar surface area (TPSA) is 66.9 Å². The molecule has 138 valence electrons. The molecule has 0 spiro atoms. The van der Waals surface area contributed by atoms with Gasteiger partial charge in [-0.05, 0) is 18.4 Å². The lowest BCUT2D eigenvalue weighted by molar-refractivity contribution is -0.134. The summed E-state index contributed by atoms with van der Waals surface area (Å²) in [6.07, 6.45) is 6.31. The van der Waals surface area contributed by atoms with E-state index in [1.165, 1.54) is 4.31 Å². The molecule has 1 atom stereocenters. The summed E-state index contributed by atoms with van der Waals surface area (Å²) in [6.45, 7) is 1.68. The van der Waals surface area contributed by atoms with Crippen LogP contribution in [0.3, 0.4) is 0 Å². The van der Waals surface area contributed by atoms with Gasteiger partial charge in [0, 0.05) is 26.7 Å². The average molecular weight is 366 g/mol. The second-order valence-corrected chi connectivity index (χ2v) is 8.06. The van der Waals surface area contributed by atoms with Crippen molar-refractivity contribution in [2.24, 2.45) is 0 Å². The third-order valence-electron chi connectivity index (χ3n) is 4.23. The molecule has 0 aromatic heterocycles. The van der Waals surface area contributed by atoms with Crippen LogP contribution in [0.5, 0.6) is 0 Å². The van der Waals surface area contributed by atoms with E-state index in [1.807, 2.05) is 42.5 Å². The van der Waals surface area contributed by atoms with Crippen molar-refractivity contribution >= 4 is 22.0 Å². The zero-order chi connectivity index (χ0) is 18.3. The van der Waals surface area contributed by atoms with Gasteiger partial charge in [0.1, 0.15) is 6.04 Å². The van der Waals surface area contributed by atoms with Crippen LogP contribution < -0.4 is 0 Å². The quantitative estimate of drug-likeness (QED) is 0.701. The van der Waals surface area contributed by atoms with E-state index in [9.17, 15) is 13.2 Å². The monoisotopic (exact) mass is 366 g/mol. The molecule has 1 aliphatic heterocycles. The van der Waals surface area contributed by atoms with Gasteiger partial charge >= 0.3 is 0 Å². The lowest BCUT2D eigenvalue weighted by atomic mass is 10.2. The number of carbonyl (C=O) groups is 1. The summed E-state index contributed by atoms with van der Waals surface area (Å²) >= 11 is 0. The lowest BCUT2D eigenvalue weighted by Crippen LogP contribution is -2.48. The van der Waals surface area contributed by atoms with Crippen molar-refractivity contribution < 1.29 is 17.9 Å². The van der Waals surface area contributed by atoms with Gasteiger partial charge in [0.2, 0.25) is 15.9 Å². The Morgan fingerprint density at radius 3 is 2.72 bits per heavy atom. The molecule has 0 bridgehead atoms. The van der Waals surface area contributed by atoms with Crippen molar-refractivity contribution in [3.63, 3.8) is 0 Å². The second kappa shape index (κ2) is 9.12. The van der Waals surface area contributed by atoms with Crippen molar-refractivity contribution in [1.82, 2.24) is 9.21 Å². The Morgan fingerprint density at radius 1 is 1.36 bits per heavy atom. The number of ether oxygens (including phenoxy) is 1. The van der Waals surface area contributed by atoms with Crippen LogP contribution in [0.25, 0.3) is 6.08 Å². The van der Waals surface area contributed by atoms with Gasteiger partial charge in [-0.3, -0.25) is 4.79 Å².